The molecule has 1 aromatic rings. The number of rotatable bonds is 5. The molecule has 0 N–H and O–H groups in total. The van der Waals surface area contributed by atoms with E-state index in [0.717, 1.165) is 6.26 Å². The first-order chi connectivity index (χ1) is 8.61. The van der Waals surface area contributed by atoms with E-state index in [-0.39, 0.29) is 5.75 Å². The molecule has 0 spiro atoms. The van der Waals surface area contributed by atoms with Gasteiger partial charge in [-0.3, -0.25) is 0 Å². The van der Waals surface area contributed by atoms with Gasteiger partial charge in [0.25, 0.3) is 0 Å². The second kappa shape index (κ2) is 5.73. The molecule has 104 valence electrons. The third-order valence-electron chi connectivity index (χ3n) is 2.02. The van der Waals surface area contributed by atoms with Crippen LogP contribution in [0.5, 0.6) is 5.75 Å². The van der Waals surface area contributed by atoms with Crippen LogP contribution < -0.4 is 4.18 Å². The second-order valence-electron chi connectivity index (χ2n) is 5.10. The van der Waals surface area contributed by atoms with Crippen molar-refractivity contribution in [3.63, 3.8) is 0 Å². The Kier molecular flexibility index (Phi) is 4.74. The SMILES string of the molecule is C[Si](C)(C)OC(C#N)c1ccc(OS(C)(=O)=O)cc1. The van der Waals surface area contributed by atoms with Gasteiger partial charge >= 0.3 is 10.1 Å². The van der Waals surface area contributed by atoms with Crippen molar-refractivity contribution in [2.75, 3.05) is 6.26 Å². The topological polar surface area (TPSA) is 76.4 Å². The minimum atomic E-state index is -3.53. The van der Waals surface area contributed by atoms with E-state index in [9.17, 15) is 8.42 Å². The van der Waals surface area contributed by atoms with Gasteiger partial charge in [0.05, 0.1) is 12.3 Å². The standard InChI is InChI=1S/C12H17NO4SSi/c1-18(14,15)16-11-7-5-10(6-8-11)12(9-13)17-19(2,3)4/h5-8,12H,1-4H3. The summed E-state index contributed by atoms with van der Waals surface area (Å²) in [6.45, 7) is 6.00. The van der Waals surface area contributed by atoms with Crippen LogP contribution in [0.25, 0.3) is 0 Å². The molecule has 0 radical (unpaired) electrons. The van der Waals surface area contributed by atoms with Crippen LogP contribution in [0.3, 0.4) is 0 Å². The van der Waals surface area contributed by atoms with Crippen molar-refractivity contribution in [3.8, 4) is 11.8 Å². The number of nitriles is 1. The molecule has 0 bridgehead atoms. The van der Waals surface area contributed by atoms with Crippen LogP contribution in [-0.2, 0) is 14.5 Å². The predicted octanol–water partition coefficient (Wildman–Crippen LogP) is 2.44. The summed E-state index contributed by atoms with van der Waals surface area (Å²) in [5.74, 6) is 0.218. The third kappa shape index (κ3) is 5.87. The maximum Gasteiger partial charge on any atom is 0.306 e. The van der Waals surface area contributed by atoms with E-state index >= 15 is 0 Å². The fourth-order valence-electron chi connectivity index (χ4n) is 1.40. The Balaban J connectivity index is 2.89. The molecule has 7 heteroatoms. The van der Waals surface area contributed by atoms with Gasteiger partial charge in [0.1, 0.15) is 5.75 Å². The van der Waals surface area contributed by atoms with E-state index in [2.05, 4.69) is 6.07 Å². The summed E-state index contributed by atoms with van der Waals surface area (Å²) in [5.41, 5.74) is 0.686. The van der Waals surface area contributed by atoms with Crippen molar-refractivity contribution >= 4 is 18.4 Å². The van der Waals surface area contributed by atoms with Gasteiger partial charge in [0.15, 0.2) is 14.4 Å². The molecule has 0 heterocycles. The predicted molar refractivity (Wildman–Crippen MR) is 74.7 cm³/mol. The molecular formula is C12H17NO4SSi. The first-order valence-electron chi connectivity index (χ1n) is 5.67. The number of hydrogen-bond acceptors (Lipinski definition) is 5. The van der Waals surface area contributed by atoms with Gasteiger partial charge in [-0.15, -0.1) is 0 Å². The van der Waals surface area contributed by atoms with Crippen molar-refractivity contribution in [2.45, 2.75) is 25.7 Å². The number of hydrogen-bond donors (Lipinski definition) is 0. The lowest BCUT2D eigenvalue weighted by Gasteiger charge is -2.21. The lowest BCUT2D eigenvalue weighted by atomic mass is 10.1. The fraction of sp³-hybridized carbons (Fsp3) is 0.417. The largest absolute Gasteiger partial charge is 0.399 e. The quantitative estimate of drug-likeness (QED) is 0.616. The molecular weight excluding hydrogens is 282 g/mol. The fourth-order valence-corrected chi connectivity index (χ4v) is 2.75. The van der Waals surface area contributed by atoms with Crippen molar-refractivity contribution in [2.24, 2.45) is 0 Å². The molecule has 0 aliphatic rings. The lowest BCUT2D eigenvalue weighted by Crippen LogP contribution is -2.27. The molecule has 0 saturated carbocycles. The van der Waals surface area contributed by atoms with Gasteiger partial charge in [-0.05, 0) is 37.3 Å². The van der Waals surface area contributed by atoms with Crippen LogP contribution in [0, 0.1) is 11.3 Å². The van der Waals surface area contributed by atoms with Gasteiger partial charge in [0.2, 0.25) is 0 Å². The normalized spacial score (nSPS) is 13.6. The summed E-state index contributed by atoms with van der Waals surface area (Å²) in [6, 6.07) is 8.38. The van der Waals surface area contributed by atoms with Gasteiger partial charge in [-0.2, -0.15) is 13.7 Å². The van der Waals surface area contributed by atoms with Crippen molar-refractivity contribution in [1.82, 2.24) is 0 Å². The summed E-state index contributed by atoms with van der Waals surface area (Å²) in [4.78, 5) is 0. The van der Waals surface area contributed by atoms with E-state index in [0.29, 0.717) is 5.56 Å². The minimum Gasteiger partial charge on any atom is -0.399 e. The van der Waals surface area contributed by atoms with Gasteiger partial charge < -0.3 is 8.61 Å². The zero-order chi connectivity index (χ0) is 14.7. The highest BCUT2D eigenvalue weighted by Gasteiger charge is 2.22. The van der Waals surface area contributed by atoms with Crippen LogP contribution in [0.4, 0.5) is 0 Å². The van der Waals surface area contributed by atoms with Crippen LogP contribution >= 0.6 is 0 Å². The summed E-state index contributed by atoms with van der Waals surface area (Å²) >= 11 is 0. The summed E-state index contributed by atoms with van der Waals surface area (Å²) in [7, 11) is -5.36. The number of nitrogens with zero attached hydrogens (tertiary/aromatic N) is 1. The zero-order valence-corrected chi connectivity index (χ0v) is 13.2. The molecule has 1 unspecified atom stereocenters. The Bertz CT molecular complexity index is 569. The Morgan fingerprint density at radius 1 is 1.21 bits per heavy atom. The Morgan fingerprint density at radius 2 is 1.74 bits per heavy atom. The molecule has 0 aliphatic heterocycles. The van der Waals surface area contributed by atoms with Crippen LogP contribution in [0.2, 0.25) is 19.6 Å². The van der Waals surface area contributed by atoms with Crippen molar-refractivity contribution < 1.29 is 17.0 Å². The van der Waals surface area contributed by atoms with E-state index in [4.69, 9.17) is 13.9 Å². The third-order valence-corrected chi connectivity index (χ3v) is 3.46. The van der Waals surface area contributed by atoms with E-state index in [1.807, 2.05) is 19.6 Å². The average molecular weight is 299 g/mol. The molecule has 0 amide bonds. The molecule has 0 aliphatic carbocycles. The summed E-state index contributed by atoms with van der Waals surface area (Å²) in [6.07, 6.45) is 0.340. The smallest absolute Gasteiger partial charge is 0.306 e. The highest BCUT2D eigenvalue weighted by Crippen LogP contribution is 2.24. The first-order valence-corrected chi connectivity index (χ1v) is 10.9. The van der Waals surface area contributed by atoms with Crippen LogP contribution in [-0.4, -0.2) is 23.0 Å². The van der Waals surface area contributed by atoms with Gasteiger partial charge in [0, 0.05) is 0 Å². The molecule has 1 aromatic carbocycles. The molecule has 0 aromatic heterocycles. The average Bonchev–Trinajstić information content (AvgIpc) is 2.23. The van der Waals surface area contributed by atoms with Crippen LogP contribution in [0.1, 0.15) is 11.7 Å². The van der Waals surface area contributed by atoms with Crippen molar-refractivity contribution in [1.29, 1.82) is 5.26 Å². The minimum absolute atomic E-state index is 0.218. The Hall–Kier alpha value is -1.36. The highest BCUT2D eigenvalue weighted by atomic mass is 32.2. The maximum absolute atomic E-state index is 11.0. The molecule has 1 atom stereocenters. The first kappa shape index (κ1) is 15.7. The molecule has 5 nitrogen and oxygen atoms in total. The van der Waals surface area contributed by atoms with Crippen LogP contribution in [0.15, 0.2) is 24.3 Å². The van der Waals surface area contributed by atoms with Gasteiger partial charge in [-0.25, -0.2) is 0 Å². The Labute approximate surface area is 115 Å². The lowest BCUT2D eigenvalue weighted by molar-refractivity contribution is 0.255. The van der Waals surface area contributed by atoms with Crippen molar-refractivity contribution in [3.05, 3.63) is 29.8 Å². The van der Waals surface area contributed by atoms with E-state index in [1.165, 1.54) is 12.1 Å². The number of benzene rings is 1. The molecule has 0 saturated heterocycles. The van der Waals surface area contributed by atoms with E-state index in [1.54, 1.807) is 12.1 Å². The highest BCUT2D eigenvalue weighted by molar-refractivity contribution is 7.86. The van der Waals surface area contributed by atoms with Gasteiger partial charge in [-0.1, -0.05) is 12.1 Å². The summed E-state index contributed by atoms with van der Waals surface area (Å²) in [5, 5.41) is 9.12. The second-order valence-corrected chi connectivity index (χ2v) is 11.1. The molecule has 1 rings (SSSR count). The summed E-state index contributed by atoms with van der Waals surface area (Å²) < 4.78 is 32.4. The zero-order valence-electron chi connectivity index (χ0n) is 11.4. The monoisotopic (exact) mass is 299 g/mol. The maximum atomic E-state index is 11.0. The van der Waals surface area contributed by atoms with E-state index < -0.39 is 24.5 Å². The Morgan fingerprint density at radius 3 is 2.11 bits per heavy atom. The molecule has 19 heavy (non-hydrogen) atoms. The molecule has 0 fully saturated rings.